The van der Waals surface area contributed by atoms with Crippen LogP contribution >= 0.6 is 0 Å². The number of fused-ring (bicyclic) bond motifs is 2. The number of pyridine rings is 1. The average Bonchev–Trinajstić information content (AvgIpc) is 3.54. The summed E-state index contributed by atoms with van der Waals surface area (Å²) in [6.07, 6.45) is 8.23. The fourth-order valence-corrected chi connectivity index (χ4v) is 6.14. The van der Waals surface area contributed by atoms with E-state index >= 15 is 0 Å². The Bertz CT molecular complexity index is 1760. The lowest BCUT2D eigenvalue weighted by Gasteiger charge is -2.29. The van der Waals surface area contributed by atoms with Gasteiger partial charge in [-0.15, -0.1) is 12.8 Å². The summed E-state index contributed by atoms with van der Waals surface area (Å²) in [7, 11) is 0.736. The van der Waals surface area contributed by atoms with Crippen molar-refractivity contribution in [2.75, 3.05) is 38.3 Å². The molecule has 0 atom stereocenters. The van der Waals surface area contributed by atoms with Gasteiger partial charge in [-0.2, -0.15) is 15.6 Å². The minimum atomic E-state index is -1.42. The van der Waals surface area contributed by atoms with Gasteiger partial charge < -0.3 is 18.8 Å². The smallest absolute Gasteiger partial charge is 0.278 e. The molecule has 1 aromatic carbocycles. The van der Waals surface area contributed by atoms with Gasteiger partial charge in [0, 0.05) is 31.5 Å². The molecule has 0 aliphatic carbocycles. The van der Waals surface area contributed by atoms with Crippen molar-refractivity contribution in [3.63, 3.8) is 0 Å². The van der Waals surface area contributed by atoms with Crippen LogP contribution in [-0.2, 0) is 40.9 Å². The van der Waals surface area contributed by atoms with E-state index in [9.17, 15) is 9.00 Å². The first-order valence-corrected chi connectivity index (χ1v) is 15.4. The molecule has 0 unspecified atom stereocenters. The van der Waals surface area contributed by atoms with E-state index in [0.717, 1.165) is 44.8 Å². The molecule has 11 nitrogen and oxygen atoms in total. The minimum absolute atomic E-state index is 0.249. The van der Waals surface area contributed by atoms with Crippen LogP contribution in [0, 0.1) is 0 Å². The van der Waals surface area contributed by atoms with Gasteiger partial charge in [-0.25, -0.2) is 19.3 Å². The monoisotopic (exact) mass is 572 g/mol. The fourth-order valence-electron chi connectivity index (χ4n) is 5.78. The Balaban J connectivity index is 1.42. The molecule has 0 spiro atoms. The van der Waals surface area contributed by atoms with Crippen LogP contribution in [0.3, 0.4) is 0 Å². The molecule has 3 aromatic heterocycles. The van der Waals surface area contributed by atoms with Crippen molar-refractivity contribution in [3.05, 3.63) is 76.2 Å². The second kappa shape index (κ2) is 11.6. The van der Waals surface area contributed by atoms with E-state index in [4.69, 9.17) is 4.98 Å². The Kier molecular flexibility index (Phi) is 7.69. The summed E-state index contributed by atoms with van der Waals surface area (Å²) in [5.74, 6) is 1.12. The van der Waals surface area contributed by atoms with Crippen molar-refractivity contribution in [3.8, 4) is 5.82 Å². The number of hydrogen-bond acceptors (Lipinski definition) is 10. The van der Waals surface area contributed by atoms with Gasteiger partial charge >= 0.3 is 0 Å². The van der Waals surface area contributed by atoms with Crippen LogP contribution in [0.15, 0.2) is 58.3 Å². The highest BCUT2D eigenvalue weighted by molar-refractivity contribution is 7.74. The number of likely N-dealkylation sites (tertiary alicyclic amines) is 1. The maximum atomic E-state index is 13.3. The zero-order valence-electron chi connectivity index (χ0n) is 23.4. The predicted molar refractivity (Wildman–Crippen MR) is 161 cm³/mol. The third-order valence-corrected chi connectivity index (χ3v) is 8.05. The predicted octanol–water partition coefficient (Wildman–Crippen LogP) is 3.90. The molecule has 6 rings (SSSR count). The van der Waals surface area contributed by atoms with Gasteiger partial charge in [0.05, 0.1) is 6.54 Å². The molecule has 0 radical (unpaired) electrons. The number of nitrogens with zero attached hydrogens (tertiary/aromatic N) is 8. The molecule has 214 valence electrons. The van der Waals surface area contributed by atoms with Crippen LogP contribution in [0.25, 0.3) is 16.9 Å². The number of allylic oxidation sites excluding steroid dienone is 1. The molecule has 12 heteroatoms. The van der Waals surface area contributed by atoms with Gasteiger partial charge in [-0.05, 0) is 80.4 Å². The standard InChI is InChI=1S/C29H34N9O2S/c1-4-11-37-28(39)24-17-30-29(33-27(24)38(37)26-9-7-8-25(32-26)34-41(3)40)31-22-15-20-18-35(2)14-10-23(20)21(16-22)19-36-12-5-6-13-36/h4,7-9,15-17H,1,5-6,10-14,18-19H2,2-3H3,(H,30,31,33)/q-1. The Morgan fingerprint density at radius 3 is 2.78 bits per heavy atom. The molecule has 2 aliphatic rings. The van der Waals surface area contributed by atoms with Crippen LogP contribution in [0.5, 0.6) is 0 Å². The summed E-state index contributed by atoms with van der Waals surface area (Å²) in [6, 6.07) is 9.61. The van der Waals surface area contributed by atoms with E-state index in [1.807, 2.05) is 0 Å². The Morgan fingerprint density at radius 1 is 1.17 bits per heavy atom. The molecule has 5 heterocycles. The first-order chi connectivity index (χ1) is 19.9. The lowest BCUT2D eigenvalue weighted by atomic mass is 9.93. The highest BCUT2D eigenvalue weighted by Crippen LogP contribution is 2.29. The number of aromatic nitrogens is 5. The zero-order valence-corrected chi connectivity index (χ0v) is 24.2. The van der Waals surface area contributed by atoms with Crippen molar-refractivity contribution in [2.24, 2.45) is 4.36 Å². The molecule has 41 heavy (non-hydrogen) atoms. The van der Waals surface area contributed by atoms with E-state index in [1.54, 1.807) is 35.2 Å². The van der Waals surface area contributed by atoms with Crippen LogP contribution in [0.1, 0.15) is 29.5 Å². The molecule has 1 fully saturated rings. The van der Waals surface area contributed by atoms with E-state index in [2.05, 4.69) is 55.2 Å². The summed E-state index contributed by atoms with van der Waals surface area (Å²) in [4.78, 5) is 32.1. The van der Waals surface area contributed by atoms with Crippen LogP contribution in [0.2, 0.25) is 0 Å². The second-order valence-corrected chi connectivity index (χ2v) is 11.7. The van der Waals surface area contributed by atoms with E-state index < -0.39 is 10.6 Å². The van der Waals surface area contributed by atoms with Crippen LogP contribution in [-0.4, -0.2) is 67.1 Å². The molecular weight excluding hydrogens is 538 g/mol. The summed E-state index contributed by atoms with van der Waals surface area (Å²) in [6.45, 7) is 9.24. The summed E-state index contributed by atoms with van der Waals surface area (Å²) < 4.78 is 18.9. The number of nitrogens with one attached hydrogen (secondary N) is 1. The molecule has 0 bridgehead atoms. The minimum Gasteiger partial charge on any atom is -0.444 e. The third-order valence-electron chi connectivity index (χ3n) is 7.60. The molecule has 1 N–H and O–H groups in total. The van der Waals surface area contributed by atoms with Gasteiger partial charge in [-0.3, -0.25) is 9.69 Å². The summed E-state index contributed by atoms with van der Waals surface area (Å²) in [5, 5.41) is 3.78. The second-order valence-electron chi connectivity index (χ2n) is 10.7. The zero-order chi connectivity index (χ0) is 28.5. The molecule has 4 aromatic rings. The van der Waals surface area contributed by atoms with Gasteiger partial charge in [0.1, 0.15) is 11.2 Å². The first-order valence-electron chi connectivity index (χ1n) is 13.8. The van der Waals surface area contributed by atoms with Crippen LogP contribution < -0.4 is 10.9 Å². The lowest BCUT2D eigenvalue weighted by molar-refractivity contribution is 0.304. The quantitative estimate of drug-likeness (QED) is 0.250. The Labute approximate surface area is 240 Å². The van der Waals surface area contributed by atoms with E-state index in [-0.39, 0.29) is 12.1 Å². The fraction of sp³-hybridized carbons (Fsp3) is 0.379. The Morgan fingerprint density at radius 2 is 2.00 bits per heavy atom. The lowest BCUT2D eigenvalue weighted by Crippen LogP contribution is -2.29. The SMILES string of the molecule is C=CCn1c(=O)c2cnc(Nc3cc4c(c(CN5CCCC5)c3)CCN(C)C4)nc2n1-c1cccc(N=[S-](C)=O)n1. The van der Waals surface area contributed by atoms with Crippen LogP contribution in [0.4, 0.5) is 17.5 Å². The Hall–Kier alpha value is -3.87. The van der Waals surface area contributed by atoms with Crippen molar-refractivity contribution in [2.45, 2.75) is 38.9 Å². The molecule has 0 amide bonds. The van der Waals surface area contributed by atoms with Gasteiger partial charge in [0.15, 0.2) is 11.5 Å². The van der Waals surface area contributed by atoms with E-state index in [1.165, 1.54) is 40.5 Å². The first kappa shape index (κ1) is 27.3. The normalized spacial score (nSPS) is 16.7. The highest BCUT2D eigenvalue weighted by Gasteiger charge is 2.22. The van der Waals surface area contributed by atoms with Crippen molar-refractivity contribution in [1.82, 2.24) is 34.1 Å². The van der Waals surface area contributed by atoms with E-state index in [0.29, 0.717) is 28.6 Å². The number of anilines is 2. The molecule has 2 aliphatic heterocycles. The highest BCUT2D eigenvalue weighted by atomic mass is 32.2. The van der Waals surface area contributed by atoms with Crippen molar-refractivity contribution in [1.29, 1.82) is 0 Å². The summed E-state index contributed by atoms with van der Waals surface area (Å²) >= 11 is 0. The maximum Gasteiger partial charge on any atom is 0.278 e. The number of likely N-dealkylation sites (N-methyl/N-ethyl adjacent to an activating group) is 1. The third kappa shape index (κ3) is 5.67. The molecule has 0 saturated carbocycles. The summed E-state index contributed by atoms with van der Waals surface area (Å²) in [5.41, 5.74) is 5.22. The molecular formula is C29H34N9O2S-. The maximum absolute atomic E-state index is 13.3. The van der Waals surface area contributed by atoms with Crippen molar-refractivity contribution < 1.29 is 4.21 Å². The molecule has 1 saturated heterocycles. The number of hydrogen-bond donors (Lipinski definition) is 1. The van der Waals surface area contributed by atoms with Crippen molar-refractivity contribution >= 4 is 39.1 Å². The number of benzene rings is 1. The number of rotatable bonds is 8. The van der Waals surface area contributed by atoms with Gasteiger partial charge in [0.25, 0.3) is 5.56 Å². The topological polar surface area (TPSA) is 114 Å². The van der Waals surface area contributed by atoms with Gasteiger partial charge in [0.2, 0.25) is 5.95 Å². The average molecular weight is 573 g/mol. The van der Waals surface area contributed by atoms with Gasteiger partial charge in [-0.1, -0.05) is 12.1 Å². The largest absolute Gasteiger partial charge is 0.444 e.